The maximum absolute atomic E-state index is 9.59. The summed E-state index contributed by atoms with van der Waals surface area (Å²) < 4.78 is 0. The third-order valence-corrected chi connectivity index (χ3v) is 3.23. The maximum Gasteiger partial charge on any atom is 0.0922 e. The third-order valence-electron chi connectivity index (χ3n) is 3.23. The first-order valence-electron chi connectivity index (χ1n) is 6.14. The molecule has 0 aliphatic carbocycles. The zero-order valence-electron chi connectivity index (χ0n) is 11.3. The Morgan fingerprint density at radius 2 is 1.88 bits per heavy atom. The highest BCUT2D eigenvalue weighted by Gasteiger charge is 2.30. The molecule has 0 aromatic carbocycles. The Morgan fingerprint density at radius 1 is 1.31 bits per heavy atom. The Hall–Kier alpha value is -0.760. The van der Waals surface area contributed by atoms with Crippen molar-refractivity contribution >= 4 is 0 Å². The summed E-state index contributed by atoms with van der Waals surface area (Å²) in [6, 6.07) is 0.235. The second kappa shape index (κ2) is 6.74. The van der Waals surface area contributed by atoms with Crippen LogP contribution in [0.4, 0.5) is 0 Å². The van der Waals surface area contributed by atoms with E-state index in [2.05, 4.69) is 32.3 Å². The van der Waals surface area contributed by atoms with Crippen molar-refractivity contribution in [2.45, 2.75) is 53.0 Å². The summed E-state index contributed by atoms with van der Waals surface area (Å²) in [6.07, 6.45) is 3.16. The molecule has 0 rings (SSSR count). The second-order valence-electron chi connectivity index (χ2n) is 5.01. The van der Waals surface area contributed by atoms with E-state index in [1.165, 1.54) is 5.57 Å². The van der Waals surface area contributed by atoms with E-state index in [4.69, 9.17) is 0 Å². The van der Waals surface area contributed by atoms with Gasteiger partial charge in [-0.15, -0.1) is 0 Å². The Labute approximate surface area is 100 Å². The molecule has 0 saturated carbocycles. The van der Waals surface area contributed by atoms with Crippen LogP contribution in [0.2, 0.25) is 0 Å². The minimum absolute atomic E-state index is 0.235. The molecule has 0 saturated heterocycles. The van der Waals surface area contributed by atoms with Crippen molar-refractivity contribution in [2.75, 3.05) is 6.54 Å². The van der Waals surface area contributed by atoms with E-state index in [0.717, 1.165) is 25.8 Å². The quantitative estimate of drug-likeness (QED) is 0.486. The Kier molecular flexibility index (Phi) is 6.42. The van der Waals surface area contributed by atoms with Crippen LogP contribution in [0.5, 0.6) is 0 Å². The van der Waals surface area contributed by atoms with E-state index in [0.29, 0.717) is 0 Å². The molecule has 94 valence electrons. The largest absolute Gasteiger partial charge is 0.512 e. The summed E-state index contributed by atoms with van der Waals surface area (Å²) >= 11 is 0. The van der Waals surface area contributed by atoms with Gasteiger partial charge in [0.1, 0.15) is 0 Å². The molecule has 0 unspecified atom stereocenters. The monoisotopic (exact) mass is 225 g/mol. The first kappa shape index (κ1) is 15.2. The minimum Gasteiger partial charge on any atom is -0.512 e. The van der Waals surface area contributed by atoms with Gasteiger partial charge in [0.2, 0.25) is 0 Å². The SMILES string of the molecule is C=C(CCC)CN[C@H](CC)C(C)(C)C(=C)O. The van der Waals surface area contributed by atoms with E-state index in [-0.39, 0.29) is 17.2 Å². The van der Waals surface area contributed by atoms with Crippen LogP contribution in [0.3, 0.4) is 0 Å². The van der Waals surface area contributed by atoms with Crippen molar-refractivity contribution in [2.24, 2.45) is 5.41 Å². The van der Waals surface area contributed by atoms with Crippen LogP contribution in [-0.2, 0) is 0 Å². The molecule has 0 aromatic rings. The van der Waals surface area contributed by atoms with Gasteiger partial charge in [-0.2, -0.15) is 0 Å². The summed E-state index contributed by atoms with van der Waals surface area (Å²) in [5.41, 5.74) is 0.932. The van der Waals surface area contributed by atoms with Crippen molar-refractivity contribution in [1.29, 1.82) is 0 Å². The van der Waals surface area contributed by atoms with Gasteiger partial charge in [0.15, 0.2) is 0 Å². The smallest absolute Gasteiger partial charge is 0.0922 e. The van der Waals surface area contributed by atoms with Gasteiger partial charge < -0.3 is 10.4 Å². The van der Waals surface area contributed by atoms with Crippen molar-refractivity contribution in [3.63, 3.8) is 0 Å². The molecule has 2 N–H and O–H groups in total. The normalized spacial score (nSPS) is 13.5. The van der Waals surface area contributed by atoms with Gasteiger partial charge in [-0.3, -0.25) is 0 Å². The molecular weight excluding hydrogens is 198 g/mol. The number of hydrogen-bond donors (Lipinski definition) is 2. The zero-order chi connectivity index (χ0) is 12.8. The summed E-state index contributed by atoms with van der Waals surface area (Å²) in [6.45, 7) is 16.8. The molecule has 2 nitrogen and oxygen atoms in total. The number of nitrogens with one attached hydrogen (secondary N) is 1. The molecule has 0 radical (unpaired) electrons. The van der Waals surface area contributed by atoms with Gasteiger partial charge in [0, 0.05) is 18.0 Å². The third kappa shape index (κ3) is 4.40. The molecule has 0 bridgehead atoms. The van der Waals surface area contributed by atoms with Gasteiger partial charge in [-0.25, -0.2) is 0 Å². The number of aliphatic hydroxyl groups is 1. The Balaban J connectivity index is 4.31. The Bertz CT molecular complexity index is 243. The highest BCUT2D eigenvalue weighted by atomic mass is 16.3. The van der Waals surface area contributed by atoms with E-state index in [9.17, 15) is 5.11 Å². The molecule has 1 atom stereocenters. The van der Waals surface area contributed by atoms with Gasteiger partial charge in [-0.1, -0.05) is 52.8 Å². The predicted molar refractivity (Wildman–Crippen MR) is 71.7 cm³/mol. The Morgan fingerprint density at radius 3 is 2.25 bits per heavy atom. The average molecular weight is 225 g/mol. The van der Waals surface area contributed by atoms with Crippen molar-refractivity contribution in [3.05, 3.63) is 24.5 Å². The van der Waals surface area contributed by atoms with Crippen LogP contribution >= 0.6 is 0 Å². The van der Waals surface area contributed by atoms with Crippen LogP contribution in [-0.4, -0.2) is 17.7 Å². The van der Waals surface area contributed by atoms with Crippen molar-refractivity contribution in [1.82, 2.24) is 5.32 Å². The molecule has 0 spiro atoms. The molecule has 0 aliphatic heterocycles. The molecule has 16 heavy (non-hydrogen) atoms. The molecule has 0 aliphatic rings. The summed E-state index contributed by atoms with van der Waals surface area (Å²) in [7, 11) is 0. The summed E-state index contributed by atoms with van der Waals surface area (Å²) in [5, 5.41) is 13.0. The summed E-state index contributed by atoms with van der Waals surface area (Å²) in [4.78, 5) is 0. The van der Waals surface area contributed by atoms with Crippen LogP contribution in [0.1, 0.15) is 47.0 Å². The van der Waals surface area contributed by atoms with E-state index in [1.54, 1.807) is 0 Å². The van der Waals surface area contributed by atoms with Crippen LogP contribution in [0.25, 0.3) is 0 Å². The lowest BCUT2D eigenvalue weighted by molar-refractivity contribution is 0.194. The van der Waals surface area contributed by atoms with E-state index < -0.39 is 0 Å². The lowest BCUT2D eigenvalue weighted by Crippen LogP contribution is -2.43. The molecule has 2 heteroatoms. The molecule has 0 amide bonds. The zero-order valence-corrected chi connectivity index (χ0v) is 11.3. The van der Waals surface area contributed by atoms with Crippen LogP contribution < -0.4 is 5.32 Å². The topological polar surface area (TPSA) is 32.3 Å². The van der Waals surface area contributed by atoms with E-state index >= 15 is 0 Å². The molecule has 0 fully saturated rings. The maximum atomic E-state index is 9.59. The van der Waals surface area contributed by atoms with Gasteiger partial charge in [-0.05, 0) is 12.8 Å². The van der Waals surface area contributed by atoms with Crippen LogP contribution in [0, 0.1) is 5.41 Å². The lowest BCUT2D eigenvalue weighted by Gasteiger charge is -2.33. The first-order chi connectivity index (χ1) is 7.36. The van der Waals surface area contributed by atoms with Crippen molar-refractivity contribution < 1.29 is 5.11 Å². The minimum atomic E-state index is -0.290. The lowest BCUT2D eigenvalue weighted by atomic mass is 9.81. The average Bonchev–Trinajstić information content (AvgIpc) is 2.18. The van der Waals surface area contributed by atoms with E-state index in [1.807, 2.05) is 13.8 Å². The number of hydrogen-bond acceptors (Lipinski definition) is 2. The van der Waals surface area contributed by atoms with Gasteiger partial charge in [0.25, 0.3) is 0 Å². The standard InChI is InChI=1S/C14H27NO/c1-7-9-11(3)10-15-13(8-2)14(5,6)12(4)16/h13,15-16H,3-4,7-10H2,1-2,5-6H3/t13-/m1/s1. The summed E-state index contributed by atoms with van der Waals surface area (Å²) in [5.74, 6) is 0.243. The van der Waals surface area contributed by atoms with Crippen LogP contribution in [0.15, 0.2) is 24.5 Å². The number of rotatable bonds is 8. The fraction of sp³-hybridized carbons (Fsp3) is 0.714. The fourth-order valence-electron chi connectivity index (χ4n) is 1.82. The predicted octanol–water partition coefficient (Wildman–Crippen LogP) is 3.81. The van der Waals surface area contributed by atoms with Gasteiger partial charge in [0.05, 0.1) is 5.76 Å². The second-order valence-corrected chi connectivity index (χ2v) is 5.01. The highest BCUT2D eigenvalue weighted by molar-refractivity contribution is 5.05. The molecular formula is C14H27NO. The number of aliphatic hydroxyl groups excluding tert-OH is 1. The van der Waals surface area contributed by atoms with Crippen molar-refractivity contribution in [3.8, 4) is 0 Å². The molecule has 0 heterocycles. The highest BCUT2D eigenvalue weighted by Crippen LogP contribution is 2.29. The van der Waals surface area contributed by atoms with Gasteiger partial charge >= 0.3 is 0 Å². The fourth-order valence-corrected chi connectivity index (χ4v) is 1.82. The molecule has 0 aromatic heterocycles. The first-order valence-corrected chi connectivity index (χ1v) is 6.14.